The zero-order valence-corrected chi connectivity index (χ0v) is 13.0. The van der Waals surface area contributed by atoms with Gasteiger partial charge in [-0.3, -0.25) is 4.79 Å². The number of amides is 1. The van der Waals surface area contributed by atoms with Crippen LogP contribution in [0, 0.1) is 0 Å². The molecule has 0 saturated carbocycles. The first-order valence-corrected chi connectivity index (χ1v) is 8.04. The molecule has 0 spiro atoms. The zero-order valence-electron chi connectivity index (χ0n) is 12.2. The van der Waals surface area contributed by atoms with Crippen molar-refractivity contribution >= 4 is 17.7 Å². The fourth-order valence-corrected chi connectivity index (χ4v) is 3.80. The predicted octanol–water partition coefficient (Wildman–Crippen LogP) is 4.17. The number of carbonyl (C=O) groups excluding carboxylic acids is 1. The highest BCUT2D eigenvalue weighted by Crippen LogP contribution is 2.36. The van der Waals surface area contributed by atoms with Gasteiger partial charge in [0, 0.05) is 23.6 Å². The molecule has 0 fully saturated rings. The quantitative estimate of drug-likeness (QED) is 0.834. The van der Waals surface area contributed by atoms with Crippen LogP contribution in [0.25, 0.3) is 0 Å². The molecule has 2 aliphatic rings. The fraction of sp³-hybridized carbons (Fsp3) is 0.278. The molecule has 3 heteroatoms. The van der Waals surface area contributed by atoms with E-state index in [9.17, 15) is 4.79 Å². The minimum Gasteiger partial charge on any atom is -0.331 e. The second-order valence-corrected chi connectivity index (χ2v) is 6.80. The van der Waals surface area contributed by atoms with E-state index in [4.69, 9.17) is 0 Å². The van der Waals surface area contributed by atoms with Gasteiger partial charge in [0.25, 0.3) is 0 Å². The molecule has 1 unspecified atom stereocenters. The molecule has 0 aromatic heterocycles. The summed E-state index contributed by atoms with van der Waals surface area (Å²) >= 11 is 1.71. The lowest BCUT2D eigenvalue weighted by atomic mass is 9.94. The largest absolute Gasteiger partial charge is 0.331 e. The number of fused-ring (bicyclic) bond motifs is 1. The van der Waals surface area contributed by atoms with Gasteiger partial charge >= 0.3 is 0 Å². The van der Waals surface area contributed by atoms with E-state index in [1.54, 1.807) is 17.8 Å². The molecule has 0 aliphatic carbocycles. The Hall–Kier alpha value is -1.74. The minimum absolute atomic E-state index is 0.136. The summed E-state index contributed by atoms with van der Waals surface area (Å²) in [4.78, 5) is 16.7. The molecule has 108 valence electrons. The lowest BCUT2D eigenvalue weighted by Gasteiger charge is -2.38. The van der Waals surface area contributed by atoms with Crippen LogP contribution in [0.5, 0.6) is 0 Å². The summed E-state index contributed by atoms with van der Waals surface area (Å²) < 4.78 is 0. The van der Waals surface area contributed by atoms with Gasteiger partial charge in [-0.2, -0.15) is 0 Å². The molecular formula is C18H19NOS. The molecule has 1 aromatic carbocycles. The third-order valence-corrected chi connectivity index (χ3v) is 5.02. The Bertz CT molecular complexity index is 630. The van der Waals surface area contributed by atoms with Gasteiger partial charge in [-0.15, -0.1) is 0 Å². The van der Waals surface area contributed by atoms with Crippen molar-refractivity contribution in [2.45, 2.75) is 30.7 Å². The molecular weight excluding hydrogens is 278 g/mol. The van der Waals surface area contributed by atoms with Gasteiger partial charge in [-0.25, -0.2) is 0 Å². The van der Waals surface area contributed by atoms with Crippen molar-refractivity contribution in [2.24, 2.45) is 0 Å². The molecule has 1 amide bonds. The molecule has 0 bridgehead atoms. The number of nitrogens with zero attached hydrogens (tertiary/aromatic N) is 1. The molecule has 0 N–H and O–H groups in total. The fourth-order valence-electron chi connectivity index (χ4n) is 2.77. The molecule has 2 nitrogen and oxygen atoms in total. The summed E-state index contributed by atoms with van der Waals surface area (Å²) in [5, 5.41) is 0. The SMILES string of the molecule is C=C(C)C1=CCC2CC(Sc3ccccc3)=CC(=O)N2C1. The zero-order chi connectivity index (χ0) is 14.8. The molecule has 0 saturated heterocycles. The smallest absolute Gasteiger partial charge is 0.247 e. The van der Waals surface area contributed by atoms with Crippen LogP contribution in [0.1, 0.15) is 19.8 Å². The predicted molar refractivity (Wildman–Crippen MR) is 88.0 cm³/mol. The van der Waals surface area contributed by atoms with Gasteiger partial charge in [-0.1, -0.05) is 48.2 Å². The van der Waals surface area contributed by atoms with Crippen LogP contribution in [-0.2, 0) is 4.79 Å². The van der Waals surface area contributed by atoms with Crippen LogP contribution in [0.3, 0.4) is 0 Å². The molecule has 3 rings (SSSR count). The van der Waals surface area contributed by atoms with Crippen molar-refractivity contribution in [2.75, 3.05) is 6.54 Å². The highest BCUT2D eigenvalue weighted by molar-refractivity contribution is 8.03. The van der Waals surface area contributed by atoms with E-state index in [0.29, 0.717) is 12.6 Å². The number of benzene rings is 1. The summed E-state index contributed by atoms with van der Waals surface area (Å²) in [5.74, 6) is 0.136. The van der Waals surface area contributed by atoms with E-state index in [0.717, 1.165) is 18.4 Å². The summed E-state index contributed by atoms with van der Waals surface area (Å²) in [5.41, 5.74) is 2.27. The topological polar surface area (TPSA) is 20.3 Å². The first-order chi connectivity index (χ1) is 10.1. The van der Waals surface area contributed by atoms with Gasteiger partial charge in [0.05, 0.1) is 0 Å². The van der Waals surface area contributed by atoms with Crippen molar-refractivity contribution in [1.82, 2.24) is 4.90 Å². The number of thioether (sulfide) groups is 1. The van der Waals surface area contributed by atoms with Gasteiger partial charge in [0.15, 0.2) is 0 Å². The van der Waals surface area contributed by atoms with Crippen molar-refractivity contribution in [1.29, 1.82) is 0 Å². The first kappa shape index (κ1) is 14.2. The van der Waals surface area contributed by atoms with Crippen molar-refractivity contribution in [3.05, 3.63) is 65.1 Å². The molecule has 21 heavy (non-hydrogen) atoms. The van der Waals surface area contributed by atoms with Gasteiger partial charge in [0.2, 0.25) is 5.91 Å². The van der Waals surface area contributed by atoms with E-state index in [-0.39, 0.29) is 5.91 Å². The standard InChI is InChI=1S/C18H19NOS/c1-13(2)14-8-9-15-10-17(11-18(20)19(15)12-14)21-16-6-4-3-5-7-16/h3-8,11,15H,1,9-10,12H2,2H3. The van der Waals surface area contributed by atoms with Crippen molar-refractivity contribution < 1.29 is 4.79 Å². The maximum absolute atomic E-state index is 12.4. The Morgan fingerprint density at radius 3 is 2.81 bits per heavy atom. The Labute approximate surface area is 130 Å². The number of hydrogen-bond donors (Lipinski definition) is 0. The van der Waals surface area contributed by atoms with Gasteiger partial charge in [0.1, 0.15) is 0 Å². The molecule has 1 aromatic rings. The van der Waals surface area contributed by atoms with E-state index in [1.807, 2.05) is 30.0 Å². The van der Waals surface area contributed by atoms with Gasteiger partial charge < -0.3 is 4.90 Å². The second kappa shape index (κ2) is 5.94. The number of rotatable bonds is 3. The van der Waals surface area contributed by atoms with Crippen LogP contribution in [0.4, 0.5) is 0 Å². The first-order valence-electron chi connectivity index (χ1n) is 7.22. The monoisotopic (exact) mass is 297 g/mol. The molecule has 0 radical (unpaired) electrons. The normalized spacial score (nSPS) is 21.5. The summed E-state index contributed by atoms with van der Waals surface area (Å²) in [7, 11) is 0. The van der Waals surface area contributed by atoms with Crippen LogP contribution >= 0.6 is 11.8 Å². The van der Waals surface area contributed by atoms with E-state index in [2.05, 4.69) is 24.8 Å². The van der Waals surface area contributed by atoms with Crippen LogP contribution in [-0.4, -0.2) is 23.4 Å². The molecule has 2 aliphatic heterocycles. The highest BCUT2D eigenvalue weighted by Gasteiger charge is 2.31. The van der Waals surface area contributed by atoms with E-state index >= 15 is 0 Å². The molecule has 1 atom stereocenters. The Balaban J connectivity index is 1.74. The Morgan fingerprint density at radius 1 is 1.33 bits per heavy atom. The van der Waals surface area contributed by atoms with Crippen LogP contribution < -0.4 is 0 Å². The van der Waals surface area contributed by atoms with Crippen molar-refractivity contribution in [3.8, 4) is 0 Å². The lowest BCUT2D eigenvalue weighted by Crippen LogP contribution is -2.45. The maximum atomic E-state index is 12.4. The third-order valence-electron chi connectivity index (χ3n) is 3.96. The van der Waals surface area contributed by atoms with Crippen LogP contribution in [0.15, 0.2) is 70.0 Å². The lowest BCUT2D eigenvalue weighted by molar-refractivity contribution is -0.128. The molecule has 2 heterocycles. The van der Waals surface area contributed by atoms with E-state index < -0.39 is 0 Å². The summed E-state index contributed by atoms with van der Waals surface area (Å²) in [6, 6.07) is 10.5. The average Bonchev–Trinajstić information content (AvgIpc) is 2.48. The average molecular weight is 297 g/mol. The highest BCUT2D eigenvalue weighted by atomic mass is 32.2. The van der Waals surface area contributed by atoms with Crippen molar-refractivity contribution in [3.63, 3.8) is 0 Å². The minimum atomic E-state index is 0.136. The van der Waals surface area contributed by atoms with E-state index in [1.165, 1.54) is 15.4 Å². The Morgan fingerprint density at radius 2 is 2.10 bits per heavy atom. The number of carbonyl (C=O) groups is 1. The van der Waals surface area contributed by atoms with Crippen LogP contribution in [0.2, 0.25) is 0 Å². The second-order valence-electron chi connectivity index (χ2n) is 5.60. The van der Waals surface area contributed by atoms with Gasteiger partial charge in [-0.05, 0) is 42.4 Å². The number of hydrogen-bond acceptors (Lipinski definition) is 2. The maximum Gasteiger partial charge on any atom is 0.247 e. The summed E-state index contributed by atoms with van der Waals surface area (Å²) in [6.07, 6.45) is 5.92. The Kier molecular flexibility index (Phi) is 4.02. The third kappa shape index (κ3) is 3.13. The summed E-state index contributed by atoms with van der Waals surface area (Å²) in [6.45, 7) is 6.70.